The number of aryl methyl sites for hydroxylation is 2. The predicted molar refractivity (Wildman–Crippen MR) is 114 cm³/mol. The van der Waals surface area contributed by atoms with Crippen LogP contribution in [-0.4, -0.2) is 37.4 Å². The molecule has 0 saturated heterocycles. The third kappa shape index (κ3) is 7.35. The number of hydrogen-bond acceptors (Lipinski definition) is 4. The molecule has 0 unspecified atom stereocenters. The summed E-state index contributed by atoms with van der Waals surface area (Å²) in [5, 5.41) is 10.8. The maximum Gasteiger partial charge on any atom is 0.191 e. The van der Waals surface area contributed by atoms with Crippen LogP contribution in [0.15, 0.2) is 39.8 Å². The Morgan fingerprint density at radius 3 is 2.61 bits per heavy atom. The molecule has 0 amide bonds. The molecule has 0 spiro atoms. The van der Waals surface area contributed by atoms with Gasteiger partial charge in [-0.25, -0.2) is 4.99 Å². The maximum atomic E-state index is 5.74. The van der Waals surface area contributed by atoms with Gasteiger partial charge >= 0.3 is 0 Å². The van der Waals surface area contributed by atoms with E-state index in [1.54, 1.807) is 0 Å². The van der Waals surface area contributed by atoms with Crippen molar-refractivity contribution >= 4 is 5.96 Å². The summed E-state index contributed by atoms with van der Waals surface area (Å²) < 4.78 is 11.2. The van der Waals surface area contributed by atoms with Gasteiger partial charge in [0.1, 0.15) is 5.76 Å². The fourth-order valence-corrected chi connectivity index (χ4v) is 2.93. The summed E-state index contributed by atoms with van der Waals surface area (Å²) in [6.45, 7) is 9.96. The van der Waals surface area contributed by atoms with Crippen LogP contribution in [-0.2, 0) is 30.5 Å². The number of benzene rings is 1. The molecule has 1 aromatic carbocycles. The summed E-state index contributed by atoms with van der Waals surface area (Å²) in [7, 11) is 0. The Morgan fingerprint density at radius 2 is 1.89 bits per heavy atom. The minimum Gasteiger partial charge on any atom is -0.381 e. The number of aromatic nitrogens is 1. The van der Waals surface area contributed by atoms with Gasteiger partial charge in [-0.15, -0.1) is 0 Å². The van der Waals surface area contributed by atoms with Gasteiger partial charge in [0.2, 0.25) is 0 Å². The third-order valence-corrected chi connectivity index (χ3v) is 4.48. The number of nitrogens with zero attached hydrogens (tertiary/aromatic N) is 2. The second kappa shape index (κ2) is 12.9. The Hall–Kier alpha value is -2.34. The van der Waals surface area contributed by atoms with Gasteiger partial charge in [-0.3, -0.25) is 0 Å². The van der Waals surface area contributed by atoms with Crippen molar-refractivity contribution in [1.29, 1.82) is 0 Å². The van der Waals surface area contributed by atoms with Gasteiger partial charge in [0.15, 0.2) is 5.96 Å². The second-order valence-corrected chi connectivity index (χ2v) is 6.56. The first kappa shape index (κ1) is 22.0. The monoisotopic (exact) mass is 386 g/mol. The van der Waals surface area contributed by atoms with E-state index in [1.807, 2.05) is 6.07 Å². The van der Waals surface area contributed by atoms with E-state index >= 15 is 0 Å². The molecule has 28 heavy (non-hydrogen) atoms. The average molecular weight is 387 g/mol. The SMILES string of the molecule is CCNC(=NCc1c(CC)noc1CC)NCCCOCCc1ccccc1. The zero-order valence-corrected chi connectivity index (χ0v) is 17.5. The number of aliphatic imine (C=N–C) groups is 1. The summed E-state index contributed by atoms with van der Waals surface area (Å²) in [4.78, 5) is 4.70. The molecule has 1 aromatic heterocycles. The number of ether oxygens (including phenoxy) is 1. The lowest BCUT2D eigenvalue weighted by Gasteiger charge is -2.11. The van der Waals surface area contributed by atoms with E-state index in [2.05, 4.69) is 60.8 Å². The molecule has 0 aliphatic carbocycles. The van der Waals surface area contributed by atoms with Crippen LogP contribution in [0.3, 0.4) is 0 Å². The zero-order valence-electron chi connectivity index (χ0n) is 17.5. The quantitative estimate of drug-likeness (QED) is 0.332. The largest absolute Gasteiger partial charge is 0.381 e. The summed E-state index contributed by atoms with van der Waals surface area (Å²) in [5.74, 6) is 1.75. The van der Waals surface area contributed by atoms with Crippen LogP contribution in [0.25, 0.3) is 0 Å². The van der Waals surface area contributed by atoms with Gasteiger partial charge in [-0.1, -0.05) is 49.3 Å². The summed E-state index contributed by atoms with van der Waals surface area (Å²) in [6.07, 6.45) is 3.59. The lowest BCUT2D eigenvalue weighted by Crippen LogP contribution is -2.38. The van der Waals surface area contributed by atoms with Crippen molar-refractivity contribution in [2.45, 2.75) is 53.0 Å². The Labute approximate surface area is 168 Å². The highest BCUT2D eigenvalue weighted by Crippen LogP contribution is 2.16. The van der Waals surface area contributed by atoms with Crippen molar-refractivity contribution in [2.75, 3.05) is 26.3 Å². The highest BCUT2D eigenvalue weighted by Gasteiger charge is 2.12. The molecule has 2 N–H and O–H groups in total. The van der Waals surface area contributed by atoms with E-state index in [9.17, 15) is 0 Å². The highest BCUT2D eigenvalue weighted by molar-refractivity contribution is 5.79. The smallest absolute Gasteiger partial charge is 0.191 e. The fourth-order valence-electron chi connectivity index (χ4n) is 2.93. The highest BCUT2D eigenvalue weighted by atomic mass is 16.5. The number of rotatable bonds is 12. The van der Waals surface area contributed by atoms with Gasteiger partial charge in [0.25, 0.3) is 0 Å². The molecule has 0 fully saturated rings. The summed E-state index contributed by atoms with van der Waals surface area (Å²) >= 11 is 0. The average Bonchev–Trinajstić information content (AvgIpc) is 3.14. The van der Waals surface area contributed by atoms with Crippen molar-refractivity contribution in [3.8, 4) is 0 Å². The van der Waals surface area contributed by atoms with Crippen LogP contribution in [0.2, 0.25) is 0 Å². The molecular formula is C22H34N4O2. The van der Waals surface area contributed by atoms with E-state index in [4.69, 9.17) is 14.3 Å². The van der Waals surface area contributed by atoms with E-state index < -0.39 is 0 Å². The topological polar surface area (TPSA) is 71.7 Å². The molecule has 2 rings (SSSR count). The number of nitrogens with one attached hydrogen (secondary N) is 2. The van der Waals surface area contributed by atoms with Crippen LogP contribution in [0.1, 0.15) is 49.8 Å². The van der Waals surface area contributed by atoms with Crippen molar-refractivity contribution in [3.05, 3.63) is 52.9 Å². The minimum absolute atomic E-state index is 0.582. The molecule has 154 valence electrons. The zero-order chi connectivity index (χ0) is 20.0. The summed E-state index contributed by atoms with van der Waals surface area (Å²) in [6, 6.07) is 10.4. The minimum atomic E-state index is 0.582. The lowest BCUT2D eigenvalue weighted by molar-refractivity contribution is 0.135. The lowest BCUT2D eigenvalue weighted by atomic mass is 10.1. The van der Waals surface area contributed by atoms with E-state index in [0.717, 1.165) is 75.0 Å². The van der Waals surface area contributed by atoms with Crippen molar-refractivity contribution in [2.24, 2.45) is 4.99 Å². The Kier molecular flexibility index (Phi) is 10.1. The van der Waals surface area contributed by atoms with E-state index in [1.165, 1.54) is 5.56 Å². The second-order valence-electron chi connectivity index (χ2n) is 6.56. The molecule has 6 heteroatoms. The van der Waals surface area contributed by atoms with Crippen LogP contribution in [0.4, 0.5) is 0 Å². The third-order valence-electron chi connectivity index (χ3n) is 4.48. The Morgan fingerprint density at radius 1 is 1.07 bits per heavy atom. The van der Waals surface area contributed by atoms with Crippen molar-refractivity contribution in [1.82, 2.24) is 15.8 Å². The van der Waals surface area contributed by atoms with Gasteiger partial charge in [-0.2, -0.15) is 0 Å². The van der Waals surface area contributed by atoms with Crippen LogP contribution in [0.5, 0.6) is 0 Å². The molecule has 1 heterocycles. The molecule has 0 atom stereocenters. The van der Waals surface area contributed by atoms with E-state index in [0.29, 0.717) is 6.54 Å². The molecule has 6 nitrogen and oxygen atoms in total. The van der Waals surface area contributed by atoms with Gasteiger partial charge < -0.3 is 19.9 Å². The Bertz CT molecular complexity index is 676. The summed E-state index contributed by atoms with van der Waals surface area (Å²) in [5.41, 5.74) is 3.43. The molecular weight excluding hydrogens is 352 g/mol. The first-order valence-corrected chi connectivity index (χ1v) is 10.4. The normalized spacial score (nSPS) is 11.6. The van der Waals surface area contributed by atoms with Crippen molar-refractivity contribution in [3.63, 3.8) is 0 Å². The van der Waals surface area contributed by atoms with Gasteiger partial charge in [-0.05, 0) is 31.7 Å². The van der Waals surface area contributed by atoms with E-state index in [-0.39, 0.29) is 0 Å². The van der Waals surface area contributed by atoms with Gasteiger partial charge in [0, 0.05) is 31.7 Å². The molecule has 0 radical (unpaired) electrons. The molecule has 0 saturated carbocycles. The number of guanidine groups is 1. The maximum absolute atomic E-state index is 5.74. The first-order chi connectivity index (χ1) is 13.8. The molecule has 2 aromatic rings. The Balaban J connectivity index is 1.70. The first-order valence-electron chi connectivity index (χ1n) is 10.4. The molecule has 0 aliphatic rings. The van der Waals surface area contributed by atoms with Crippen molar-refractivity contribution < 1.29 is 9.26 Å². The van der Waals surface area contributed by atoms with Crippen LogP contribution < -0.4 is 10.6 Å². The molecule has 0 bridgehead atoms. The fraction of sp³-hybridized carbons (Fsp3) is 0.545. The van der Waals surface area contributed by atoms with Crippen LogP contribution >= 0.6 is 0 Å². The predicted octanol–water partition coefficient (Wildman–Crippen LogP) is 3.50. The van der Waals surface area contributed by atoms with Crippen LogP contribution in [0, 0.1) is 0 Å². The standard InChI is InChI=1S/C22H34N4O2/c1-4-20-19(21(5-2)28-26-20)17-25-22(23-6-3)24-14-10-15-27-16-13-18-11-8-7-9-12-18/h7-9,11-12H,4-6,10,13-17H2,1-3H3,(H2,23,24,25). The molecule has 0 aliphatic heterocycles. The van der Waals surface area contributed by atoms with Gasteiger partial charge in [0.05, 0.1) is 18.8 Å². The number of hydrogen-bond donors (Lipinski definition) is 2.